The van der Waals surface area contributed by atoms with Crippen LogP contribution < -0.4 is 14.2 Å². The molecule has 6 rings (SSSR count). The van der Waals surface area contributed by atoms with Gasteiger partial charge in [0.1, 0.15) is 5.75 Å². The molecule has 2 heterocycles. The molecule has 0 amide bonds. The zero-order valence-corrected chi connectivity index (χ0v) is 25.8. The van der Waals surface area contributed by atoms with Crippen LogP contribution in [0.2, 0.25) is 0 Å². The molecule has 0 bridgehead atoms. The second-order valence-corrected chi connectivity index (χ2v) is 12.8. The lowest BCUT2D eigenvalue weighted by Gasteiger charge is -2.35. The van der Waals surface area contributed by atoms with E-state index in [1.165, 1.54) is 33.4 Å². The number of hydrogen-bond donors (Lipinski definition) is 0. The number of ether oxygens (including phenoxy) is 5. The number of rotatable bonds is 12. The monoisotopic (exact) mass is 596 g/mol. The molecule has 0 radical (unpaired) electrons. The van der Waals surface area contributed by atoms with Crippen molar-refractivity contribution in [1.82, 2.24) is 0 Å². The summed E-state index contributed by atoms with van der Waals surface area (Å²) in [5.41, 5.74) is 7.46. The summed E-state index contributed by atoms with van der Waals surface area (Å²) < 4.78 is 30.0. The number of thioether (sulfide) groups is 1. The van der Waals surface area contributed by atoms with Gasteiger partial charge in [0, 0.05) is 23.3 Å². The maximum atomic E-state index is 6.56. The molecule has 224 valence electrons. The lowest BCUT2D eigenvalue weighted by Crippen LogP contribution is -2.30. The van der Waals surface area contributed by atoms with E-state index < -0.39 is 0 Å². The van der Waals surface area contributed by atoms with Crippen LogP contribution in [0.1, 0.15) is 51.5 Å². The normalized spacial score (nSPS) is 19.4. The summed E-state index contributed by atoms with van der Waals surface area (Å²) in [6.45, 7) is 2.69. The quantitative estimate of drug-likeness (QED) is 0.165. The van der Waals surface area contributed by atoms with Crippen LogP contribution >= 0.6 is 11.8 Å². The third-order valence-electron chi connectivity index (χ3n) is 8.20. The van der Waals surface area contributed by atoms with Gasteiger partial charge in [-0.25, -0.2) is 0 Å². The zero-order valence-electron chi connectivity index (χ0n) is 25.0. The van der Waals surface area contributed by atoms with Crippen molar-refractivity contribution in [3.05, 3.63) is 124 Å². The molecule has 0 saturated carbocycles. The fourth-order valence-electron chi connectivity index (χ4n) is 6.04. The highest BCUT2D eigenvalue weighted by atomic mass is 32.2. The van der Waals surface area contributed by atoms with E-state index in [0.29, 0.717) is 30.3 Å². The van der Waals surface area contributed by atoms with Crippen LogP contribution in [-0.2, 0) is 35.5 Å². The number of hydrogen-bond acceptors (Lipinski definition) is 6. The van der Waals surface area contributed by atoms with E-state index in [2.05, 4.69) is 72.8 Å². The molecular weight excluding hydrogens is 556 g/mol. The van der Waals surface area contributed by atoms with Gasteiger partial charge in [0.05, 0.1) is 46.8 Å². The molecule has 0 aliphatic carbocycles. The summed E-state index contributed by atoms with van der Waals surface area (Å²) >= 11 is 2.03. The predicted octanol–water partition coefficient (Wildman–Crippen LogP) is 7.97. The fourth-order valence-corrected chi connectivity index (χ4v) is 7.63. The van der Waals surface area contributed by atoms with Crippen LogP contribution in [-0.4, -0.2) is 38.8 Å². The molecule has 5 nitrogen and oxygen atoms in total. The average molecular weight is 597 g/mol. The first-order valence-corrected chi connectivity index (χ1v) is 16.0. The number of benzene rings is 4. The van der Waals surface area contributed by atoms with Gasteiger partial charge in [0.2, 0.25) is 0 Å². The lowest BCUT2D eigenvalue weighted by molar-refractivity contribution is 0.0180. The predicted molar refractivity (Wildman–Crippen MR) is 172 cm³/mol. The smallest absolute Gasteiger partial charge is 0.160 e. The van der Waals surface area contributed by atoms with Crippen molar-refractivity contribution in [1.29, 1.82) is 0 Å². The minimum Gasteiger partial charge on any atom is -0.493 e. The SMILES string of the molecule is COc1ccc(Cc2cc([C@H]3C[C@@H](OCc4ccccc4)C[C@@H](COCc4ccccc4)S3)cc3c2OCC3)cc1OC. The Morgan fingerprint density at radius 2 is 1.51 bits per heavy atom. The minimum absolute atomic E-state index is 0.163. The van der Waals surface area contributed by atoms with Crippen molar-refractivity contribution in [2.75, 3.05) is 27.4 Å². The summed E-state index contributed by atoms with van der Waals surface area (Å²) in [6, 6.07) is 31.8. The highest BCUT2D eigenvalue weighted by Crippen LogP contribution is 2.46. The third kappa shape index (κ3) is 7.56. The maximum absolute atomic E-state index is 6.56. The third-order valence-corrected chi connectivity index (χ3v) is 9.71. The van der Waals surface area contributed by atoms with E-state index in [4.69, 9.17) is 23.7 Å². The maximum Gasteiger partial charge on any atom is 0.160 e. The Balaban J connectivity index is 1.22. The van der Waals surface area contributed by atoms with Crippen LogP contribution in [0.4, 0.5) is 0 Å². The molecule has 0 N–H and O–H groups in total. The van der Waals surface area contributed by atoms with Crippen molar-refractivity contribution in [3.63, 3.8) is 0 Å². The van der Waals surface area contributed by atoms with Crippen LogP contribution in [0.15, 0.2) is 91.0 Å². The molecule has 0 spiro atoms. The van der Waals surface area contributed by atoms with Gasteiger partial charge in [-0.3, -0.25) is 0 Å². The molecule has 6 heteroatoms. The van der Waals surface area contributed by atoms with Crippen molar-refractivity contribution < 1.29 is 23.7 Å². The molecule has 1 saturated heterocycles. The van der Waals surface area contributed by atoms with Gasteiger partial charge in [-0.05, 0) is 58.4 Å². The van der Waals surface area contributed by atoms with Crippen LogP contribution in [0.5, 0.6) is 17.2 Å². The van der Waals surface area contributed by atoms with E-state index in [1.54, 1.807) is 14.2 Å². The van der Waals surface area contributed by atoms with Crippen LogP contribution in [0.3, 0.4) is 0 Å². The lowest BCUT2D eigenvalue weighted by atomic mass is 9.94. The highest BCUT2D eigenvalue weighted by Gasteiger charge is 2.32. The average Bonchev–Trinajstić information content (AvgIpc) is 3.54. The summed E-state index contributed by atoms with van der Waals surface area (Å²) in [4.78, 5) is 0. The summed E-state index contributed by atoms with van der Waals surface area (Å²) in [5.74, 6) is 2.52. The topological polar surface area (TPSA) is 46.2 Å². The summed E-state index contributed by atoms with van der Waals surface area (Å²) in [7, 11) is 3.35. The first-order chi connectivity index (χ1) is 21.2. The largest absolute Gasteiger partial charge is 0.493 e. The minimum atomic E-state index is 0.163. The molecule has 3 atom stereocenters. The molecule has 4 aromatic carbocycles. The van der Waals surface area contributed by atoms with E-state index >= 15 is 0 Å². The van der Waals surface area contributed by atoms with Gasteiger partial charge in [-0.15, -0.1) is 11.8 Å². The zero-order chi connectivity index (χ0) is 29.4. The molecule has 0 unspecified atom stereocenters. The number of methoxy groups -OCH3 is 2. The molecule has 4 aromatic rings. The van der Waals surface area contributed by atoms with Gasteiger partial charge in [0.25, 0.3) is 0 Å². The van der Waals surface area contributed by atoms with Gasteiger partial charge in [-0.2, -0.15) is 0 Å². The molecule has 2 aliphatic rings. The van der Waals surface area contributed by atoms with E-state index in [-0.39, 0.29) is 6.10 Å². The molecule has 1 fully saturated rings. The van der Waals surface area contributed by atoms with Crippen molar-refractivity contribution in [3.8, 4) is 17.2 Å². The van der Waals surface area contributed by atoms with E-state index in [9.17, 15) is 0 Å². The van der Waals surface area contributed by atoms with Crippen molar-refractivity contribution in [2.24, 2.45) is 0 Å². The Hall–Kier alpha value is -3.45. The van der Waals surface area contributed by atoms with Gasteiger partial charge >= 0.3 is 0 Å². The van der Waals surface area contributed by atoms with E-state index in [1.807, 2.05) is 30.0 Å². The summed E-state index contributed by atoms with van der Waals surface area (Å²) in [5, 5.41) is 0.664. The van der Waals surface area contributed by atoms with Gasteiger partial charge < -0.3 is 23.7 Å². The highest BCUT2D eigenvalue weighted by molar-refractivity contribution is 8.00. The van der Waals surface area contributed by atoms with Crippen molar-refractivity contribution in [2.45, 2.75) is 55.5 Å². The van der Waals surface area contributed by atoms with Crippen molar-refractivity contribution >= 4 is 11.8 Å². The first kappa shape index (κ1) is 29.6. The molecule has 43 heavy (non-hydrogen) atoms. The van der Waals surface area contributed by atoms with E-state index in [0.717, 1.165) is 49.5 Å². The Labute approximate surface area is 259 Å². The second-order valence-electron chi connectivity index (χ2n) is 11.3. The summed E-state index contributed by atoms with van der Waals surface area (Å²) in [6.07, 6.45) is 3.83. The Morgan fingerprint density at radius 3 is 2.26 bits per heavy atom. The van der Waals surface area contributed by atoms with Crippen LogP contribution in [0.25, 0.3) is 0 Å². The molecule has 2 aliphatic heterocycles. The van der Waals surface area contributed by atoms with Gasteiger partial charge in [0.15, 0.2) is 11.5 Å². The Morgan fingerprint density at radius 1 is 0.767 bits per heavy atom. The first-order valence-electron chi connectivity index (χ1n) is 15.1. The number of fused-ring (bicyclic) bond motifs is 1. The fraction of sp³-hybridized carbons (Fsp3) is 0.351. The van der Waals surface area contributed by atoms with Crippen LogP contribution in [0, 0.1) is 0 Å². The molecule has 0 aromatic heterocycles. The molecular formula is C37H40O5S. The van der Waals surface area contributed by atoms with Gasteiger partial charge in [-0.1, -0.05) is 78.9 Å². The second kappa shape index (κ2) is 14.3. The standard InChI is InChI=1S/C37H40O5S/c1-38-34-14-13-28(18-35(34)39-2)17-31-20-30(19-29-15-16-41-37(29)31)36-22-32(42-24-27-11-7-4-8-12-27)21-33(43-36)25-40-23-26-9-5-3-6-10-26/h3-14,18-20,32-33,36H,15-17,21-25H2,1-2H3/t32-,33-,36+/m0/s1. The Kier molecular flexibility index (Phi) is 9.88. The Bertz CT molecular complexity index is 1480.